The highest BCUT2D eigenvalue weighted by Crippen LogP contribution is 2.25. The molecule has 2 rings (SSSR count). The van der Waals surface area contributed by atoms with Gasteiger partial charge in [0.25, 0.3) is 0 Å². The minimum Gasteiger partial charge on any atom is -0.327 e. The van der Waals surface area contributed by atoms with Crippen LogP contribution in [0.25, 0.3) is 0 Å². The van der Waals surface area contributed by atoms with Crippen molar-refractivity contribution in [2.24, 2.45) is 11.7 Å². The third-order valence-electron chi connectivity index (χ3n) is 3.97. The number of halogens is 2. The van der Waals surface area contributed by atoms with Crippen LogP contribution in [0.3, 0.4) is 0 Å². The molecule has 3 N–H and O–H groups in total. The fraction of sp³-hybridized carbons (Fsp3) is 0.533. The molecule has 1 aromatic carbocycles. The molecular weight excluding hydrogens is 309 g/mol. The topological polar surface area (TPSA) is 58.4 Å². The standard InChI is InChI=1S/C15H21Cl2N3O/c1-2-10-8-20(6-5-13(10)18)9-15(21)19-14-7-11(16)3-4-12(14)17/h3-4,7,10,13H,2,5-6,8-9,18H2,1H3,(H,19,21). The van der Waals surface area contributed by atoms with E-state index in [-0.39, 0.29) is 11.9 Å². The van der Waals surface area contributed by atoms with Crippen LogP contribution >= 0.6 is 23.2 Å². The molecule has 1 saturated heterocycles. The molecule has 0 aliphatic carbocycles. The van der Waals surface area contributed by atoms with Crippen molar-refractivity contribution in [2.75, 3.05) is 25.0 Å². The van der Waals surface area contributed by atoms with E-state index in [1.807, 2.05) is 0 Å². The molecule has 0 bridgehead atoms. The Hall–Kier alpha value is -0.810. The van der Waals surface area contributed by atoms with Gasteiger partial charge in [-0.2, -0.15) is 0 Å². The van der Waals surface area contributed by atoms with Crippen LogP contribution < -0.4 is 11.1 Å². The molecule has 1 amide bonds. The number of hydrogen-bond donors (Lipinski definition) is 2. The molecule has 21 heavy (non-hydrogen) atoms. The van der Waals surface area contributed by atoms with Gasteiger partial charge in [0.05, 0.1) is 17.3 Å². The lowest BCUT2D eigenvalue weighted by molar-refractivity contribution is -0.117. The molecule has 0 radical (unpaired) electrons. The van der Waals surface area contributed by atoms with Crippen LogP contribution in [0, 0.1) is 5.92 Å². The van der Waals surface area contributed by atoms with E-state index >= 15 is 0 Å². The van der Waals surface area contributed by atoms with Gasteiger partial charge in [-0.15, -0.1) is 0 Å². The third-order valence-corrected chi connectivity index (χ3v) is 4.54. The molecule has 0 spiro atoms. The summed E-state index contributed by atoms with van der Waals surface area (Å²) in [5.74, 6) is 0.380. The van der Waals surface area contributed by atoms with Gasteiger partial charge in [-0.3, -0.25) is 9.69 Å². The second-order valence-electron chi connectivity index (χ2n) is 5.53. The molecule has 2 atom stereocenters. The predicted octanol–water partition coefficient (Wildman–Crippen LogP) is 2.99. The van der Waals surface area contributed by atoms with E-state index in [2.05, 4.69) is 17.1 Å². The monoisotopic (exact) mass is 329 g/mol. The summed E-state index contributed by atoms with van der Waals surface area (Å²) >= 11 is 12.0. The van der Waals surface area contributed by atoms with E-state index in [0.29, 0.717) is 28.2 Å². The van der Waals surface area contributed by atoms with E-state index in [9.17, 15) is 4.79 Å². The lowest BCUT2D eigenvalue weighted by Crippen LogP contribution is -2.48. The van der Waals surface area contributed by atoms with Crippen molar-refractivity contribution in [3.63, 3.8) is 0 Å². The number of benzene rings is 1. The van der Waals surface area contributed by atoms with Crippen molar-refractivity contribution in [2.45, 2.75) is 25.8 Å². The van der Waals surface area contributed by atoms with Crippen LogP contribution in [0.2, 0.25) is 10.0 Å². The van der Waals surface area contributed by atoms with Gasteiger partial charge in [0.2, 0.25) is 5.91 Å². The summed E-state index contributed by atoms with van der Waals surface area (Å²) in [6.07, 6.45) is 1.98. The zero-order valence-electron chi connectivity index (χ0n) is 12.1. The maximum atomic E-state index is 12.1. The lowest BCUT2D eigenvalue weighted by atomic mass is 9.91. The van der Waals surface area contributed by atoms with Gasteiger partial charge in [-0.1, -0.05) is 36.5 Å². The number of anilines is 1. The quantitative estimate of drug-likeness (QED) is 0.892. The van der Waals surface area contributed by atoms with Gasteiger partial charge in [0.15, 0.2) is 0 Å². The van der Waals surface area contributed by atoms with E-state index < -0.39 is 0 Å². The number of piperidine rings is 1. The fourth-order valence-electron chi connectivity index (χ4n) is 2.69. The van der Waals surface area contributed by atoms with Gasteiger partial charge in [-0.05, 0) is 30.5 Å². The Morgan fingerprint density at radius 1 is 1.48 bits per heavy atom. The summed E-state index contributed by atoms with van der Waals surface area (Å²) in [6, 6.07) is 5.27. The molecule has 1 fully saturated rings. The first-order valence-electron chi connectivity index (χ1n) is 7.22. The summed E-state index contributed by atoms with van der Waals surface area (Å²) in [4.78, 5) is 14.3. The van der Waals surface area contributed by atoms with Crippen molar-refractivity contribution < 1.29 is 4.79 Å². The summed E-state index contributed by atoms with van der Waals surface area (Å²) in [5, 5.41) is 3.85. The predicted molar refractivity (Wildman–Crippen MR) is 87.9 cm³/mol. The highest BCUT2D eigenvalue weighted by Gasteiger charge is 2.26. The Kier molecular flexibility index (Phi) is 5.88. The summed E-state index contributed by atoms with van der Waals surface area (Å²) in [5.41, 5.74) is 6.63. The number of likely N-dealkylation sites (tertiary alicyclic amines) is 1. The van der Waals surface area contributed by atoms with E-state index in [1.54, 1.807) is 18.2 Å². The first-order chi connectivity index (χ1) is 9.99. The number of carbonyl (C=O) groups is 1. The number of nitrogens with zero attached hydrogens (tertiary/aromatic N) is 1. The highest BCUT2D eigenvalue weighted by atomic mass is 35.5. The largest absolute Gasteiger partial charge is 0.327 e. The number of amides is 1. The van der Waals surface area contributed by atoms with Gasteiger partial charge in [0.1, 0.15) is 0 Å². The lowest BCUT2D eigenvalue weighted by Gasteiger charge is -2.36. The Morgan fingerprint density at radius 3 is 2.95 bits per heavy atom. The first kappa shape index (κ1) is 16.6. The molecule has 4 nitrogen and oxygen atoms in total. The molecule has 0 aromatic heterocycles. The zero-order chi connectivity index (χ0) is 15.4. The van der Waals surface area contributed by atoms with Crippen molar-refractivity contribution in [3.8, 4) is 0 Å². The maximum Gasteiger partial charge on any atom is 0.238 e. The van der Waals surface area contributed by atoms with Crippen LogP contribution in [0.5, 0.6) is 0 Å². The van der Waals surface area contributed by atoms with Gasteiger partial charge in [-0.25, -0.2) is 0 Å². The average molecular weight is 330 g/mol. The molecule has 1 aliphatic rings. The molecule has 0 saturated carbocycles. The summed E-state index contributed by atoms with van der Waals surface area (Å²) in [7, 11) is 0. The number of carbonyl (C=O) groups excluding carboxylic acids is 1. The van der Waals surface area contributed by atoms with Crippen molar-refractivity contribution in [3.05, 3.63) is 28.2 Å². The van der Waals surface area contributed by atoms with Crippen LogP contribution in [-0.4, -0.2) is 36.5 Å². The molecule has 116 valence electrons. The minimum atomic E-state index is -0.0792. The van der Waals surface area contributed by atoms with E-state index in [0.717, 1.165) is 25.9 Å². The summed E-state index contributed by atoms with van der Waals surface area (Å²) < 4.78 is 0. The third kappa shape index (κ3) is 4.58. The first-order valence-corrected chi connectivity index (χ1v) is 7.98. The zero-order valence-corrected chi connectivity index (χ0v) is 13.6. The van der Waals surface area contributed by atoms with Gasteiger partial charge in [0, 0.05) is 24.2 Å². The van der Waals surface area contributed by atoms with Crippen LogP contribution in [0.4, 0.5) is 5.69 Å². The highest BCUT2D eigenvalue weighted by molar-refractivity contribution is 6.35. The molecular formula is C15H21Cl2N3O. The van der Waals surface area contributed by atoms with Crippen LogP contribution in [0.15, 0.2) is 18.2 Å². The number of nitrogens with two attached hydrogens (primary N) is 1. The second kappa shape index (κ2) is 7.45. The Morgan fingerprint density at radius 2 is 2.24 bits per heavy atom. The number of rotatable bonds is 4. The van der Waals surface area contributed by atoms with Crippen molar-refractivity contribution in [1.29, 1.82) is 0 Å². The van der Waals surface area contributed by atoms with Crippen LogP contribution in [0.1, 0.15) is 19.8 Å². The van der Waals surface area contributed by atoms with Crippen LogP contribution in [-0.2, 0) is 4.79 Å². The molecule has 2 unspecified atom stereocenters. The number of hydrogen-bond acceptors (Lipinski definition) is 3. The second-order valence-corrected chi connectivity index (χ2v) is 6.37. The van der Waals surface area contributed by atoms with Gasteiger partial charge < -0.3 is 11.1 Å². The molecule has 1 aromatic rings. The van der Waals surface area contributed by atoms with Gasteiger partial charge >= 0.3 is 0 Å². The Bertz CT molecular complexity index is 510. The van der Waals surface area contributed by atoms with Crippen molar-refractivity contribution in [1.82, 2.24) is 4.90 Å². The SMILES string of the molecule is CCC1CN(CC(=O)Nc2cc(Cl)ccc2Cl)CCC1N. The molecule has 1 heterocycles. The summed E-state index contributed by atoms with van der Waals surface area (Å²) in [6.45, 7) is 4.22. The fourth-order valence-corrected chi connectivity index (χ4v) is 3.02. The minimum absolute atomic E-state index is 0.0792. The average Bonchev–Trinajstić information content (AvgIpc) is 2.45. The molecule has 1 aliphatic heterocycles. The number of nitrogens with one attached hydrogen (secondary N) is 1. The smallest absolute Gasteiger partial charge is 0.238 e. The molecule has 6 heteroatoms. The maximum absolute atomic E-state index is 12.1. The Balaban J connectivity index is 1.91. The van der Waals surface area contributed by atoms with E-state index in [4.69, 9.17) is 28.9 Å². The van der Waals surface area contributed by atoms with E-state index in [1.165, 1.54) is 0 Å². The van der Waals surface area contributed by atoms with Crippen molar-refractivity contribution >= 4 is 34.8 Å². The normalized spacial score (nSPS) is 23.0. The Labute approximate surface area is 135 Å².